The lowest BCUT2D eigenvalue weighted by Crippen LogP contribution is -2.03. The molecule has 0 aromatic carbocycles. The van der Waals surface area contributed by atoms with Crippen LogP contribution in [0.4, 0.5) is 0 Å². The third kappa shape index (κ3) is 3.61. The fraction of sp³-hybridized carbons (Fsp3) is 0.286. The van der Waals surface area contributed by atoms with Crippen LogP contribution in [0.2, 0.25) is 5.28 Å². The van der Waals surface area contributed by atoms with Gasteiger partial charge < -0.3 is 4.74 Å². The van der Waals surface area contributed by atoms with E-state index in [1.807, 2.05) is 0 Å². The Kier molecular flexibility index (Phi) is 3.98. The predicted octanol–water partition coefficient (Wildman–Crippen LogP) is 1.40. The Morgan fingerprint density at radius 1 is 1.77 bits per heavy atom. The summed E-state index contributed by atoms with van der Waals surface area (Å²) in [7, 11) is 1.34. The largest absolute Gasteiger partial charge is 0.468 e. The number of esters is 1. The van der Waals surface area contributed by atoms with E-state index in [4.69, 9.17) is 11.6 Å². The highest BCUT2D eigenvalue weighted by Crippen LogP contribution is 2.15. The first-order valence-electron chi connectivity index (χ1n) is 3.40. The van der Waals surface area contributed by atoms with Crippen LogP contribution in [0.25, 0.3) is 0 Å². The van der Waals surface area contributed by atoms with Crippen molar-refractivity contribution in [3.63, 3.8) is 0 Å². The van der Waals surface area contributed by atoms with E-state index < -0.39 is 0 Å². The fourth-order valence-corrected chi connectivity index (χ4v) is 1.48. The molecule has 0 aliphatic rings. The van der Waals surface area contributed by atoms with Crippen molar-refractivity contribution in [2.75, 3.05) is 12.9 Å². The Hall–Kier alpha value is -0.810. The smallest absolute Gasteiger partial charge is 0.316 e. The number of carbonyl (C=O) groups excluding carboxylic acids is 1. The first-order valence-corrected chi connectivity index (χ1v) is 4.77. The summed E-state index contributed by atoms with van der Waals surface area (Å²) in [5.41, 5.74) is 0. The van der Waals surface area contributed by atoms with Crippen molar-refractivity contribution in [2.24, 2.45) is 0 Å². The van der Waals surface area contributed by atoms with Crippen LogP contribution in [0, 0.1) is 0 Å². The van der Waals surface area contributed by atoms with E-state index in [1.165, 1.54) is 25.1 Å². The Labute approximate surface area is 84.7 Å². The van der Waals surface area contributed by atoms with E-state index in [1.54, 1.807) is 6.07 Å². The van der Waals surface area contributed by atoms with Gasteiger partial charge in [-0.3, -0.25) is 4.79 Å². The molecule has 0 aliphatic heterocycles. The molecule has 0 N–H and O–H groups in total. The van der Waals surface area contributed by atoms with Gasteiger partial charge >= 0.3 is 5.97 Å². The quantitative estimate of drug-likeness (QED) is 0.332. The molecule has 1 aromatic rings. The predicted molar refractivity (Wildman–Crippen MR) is 49.8 cm³/mol. The first-order chi connectivity index (χ1) is 6.22. The monoisotopic (exact) mass is 218 g/mol. The zero-order valence-electron chi connectivity index (χ0n) is 6.86. The van der Waals surface area contributed by atoms with Crippen molar-refractivity contribution >= 4 is 29.3 Å². The van der Waals surface area contributed by atoms with Crippen molar-refractivity contribution in [3.8, 4) is 0 Å². The van der Waals surface area contributed by atoms with Crippen molar-refractivity contribution in [2.45, 2.75) is 5.03 Å². The Balaban J connectivity index is 2.50. The molecular formula is C7H7ClN2O2S. The lowest BCUT2D eigenvalue weighted by molar-refractivity contribution is -0.137. The number of thioether (sulfide) groups is 1. The molecule has 0 aliphatic carbocycles. The van der Waals surface area contributed by atoms with Crippen LogP contribution < -0.4 is 0 Å². The van der Waals surface area contributed by atoms with Gasteiger partial charge in [-0.25, -0.2) is 9.97 Å². The summed E-state index contributed by atoms with van der Waals surface area (Å²) < 4.78 is 4.47. The highest BCUT2D eigenvalue weighted by Gasteiger charge is 2.03. The van der Waals surface area contributed by atoms with E-state index in [-0.39, 0.29) is 17.0 Å². The maximum absolute atomic E-state index is 10.8. The SMILES string of the molecule is COC(=O)CSc1ccnc(Cl)n1. The molecule has 0 saturated heterocycles. The van der Waals surface area contributed by atoms with Gasteiger partial charge in [0.15, 0.2) is 0 Å². The second-order valence-corrected chi connectivity index (χ2v) is 3.36. The summed E-state index contributed by atoms with van der Waals surface area (Å²) in [5, 5.41) is 0.834. The molecule has 1 heterocycles. The van der Waals surface area contributed by atoms with Crippen molar-refractivity contribution in [1.82, 2.24) is 9.97 Å². The van der Waals surface area contributed by atoms with Crippen LogP contribution in [0.15, 0.2) is 17.3 Å². The highest BCUT2D eigenvalue weighted by molar-refractivity contribution is 7.99. The van der Waals surface area contributed by atoms with E-state index in [2.05, 4.69) is 14.7 Å². The molecule has 0 atom stereocenters. The Morgan fingerprint density at radius 3 is 3.15 bits per heavy atom. The molecule has 0 saturated carbocycles. The number of ether oxygens (including phenoxy) is 1. The molecule has 1 aromatic heterocycles. The zero-order chi connectivity index (χ0) is 9.68. The second-order valence-electron chi connectivity index (χ2n) is 2.03. The standard InChI is InChI=1S/C7H7ClN2O2S/c1-12-6(11)4-13-5-2-3-9-7(8)10-5/h2-3H,4H2,1H3. The molecule has 0 spiro atoms. The maximum atomic E-state index is 10.8. The van der Waals surface area contributed by atoms with Crippen LogP contribution in [-0.4, -0.2) is 28.8 Å². The topological polar surface area (TPSA) is 52.1 Å². The fourth-order valence-electron chi connectivity index (χ4n) is 0.592. The van der Waals surface area contributed by atoms with Crippen LogP contribution in [0.3, 0.4) is 0 Å². The van der Waals surface area contributed by atoms with Crippen molar-refractivity contribution < 1.29 is 9.53 Å². The lowest BCUT2D eigenvalue weighted by atomic mass is 10.7. The van der Waals surface area contributed by atoms with Gasteiger partial charge in [0.2, 0.25) is 5.28 Å². The van der Waals surface area contributed by atoms with Gasteiger partial charge in [-0.1, -0.05) is 11.8 Å². The summed E-state index contributed by atoms with van der Waals surface area (Å²) in [4.78, 5) is 18.4. The number of rotatable bonds is 3. The van der Waals surface area contributed by atoms with Gasteiger partial charge in [0.25, 0.3) is 0 Å². The maximum Gasteiger partial charge on any atom is 0.316 e. The van der Waals surface area contributed by atoms with E-state index >= 15 is 0 Å². The van der Waals surface area contributed by atoms with Gasteiger partial charge in [0.05, 0.1) is 12.9 Å². The van der Waals surface area contributed by atoms with Gasteiger partial charge in [-0.05, 0) is 17.7 Å². The minimum absolute atomic E-state index is 0.176. The normalized spacial score (nSPS) is 9.69. The van der Waals surface area contributed by atoms with E-state index in [0.717, 1.165) is 0 Å². The van der Waals surface area contributed by atoms with Crippen LogP contribution in [0.5, 0.6) is 0 Å². The molecule has 0 fully saturated rings. The van der Waals surface area contributed by atoms with Gasteiger partial charge in [0, 0.05) is 6.20 Å². The van der Waals surface area contributed by atoms with Crippen molar-refractivity contribution in [1.29, 1.82) is 0 Å². The number of methoxy groups -OCH3 is 1. The van der Waals surface area contributed by atoms with Crippen LogP contribution in [0.1, 0.15) is 0 Å². The van der Waals surface area contributed by atoms with Gasteiger partial charge in [-0.2, -0.15) is 0 Å². The molecule has 0 unspecified atom stereocenters. The molecule has 0 bridgehead atoms. The summed E-state index contributed by atoms with van der Waals surface area (Å²) in [6, 6.07) is 1.68. The van der Waals surface area contributed by atoms with Crippen LogP contribution in [-0.2, 0) is 9.53 Å². The Morgan fingerprint density at radius 2 is 2.54 bits per heavy atom. The van der Waals surface area contributed by atoms with Gasteiger partial charge in [-0.15, -0.1) is 0 Å². The highest BCUT2D eigenvalue weighted by atomic mass is 35.5. The molecule has 0 radical (unpaired) electrons. The average Bonchev–Trinajstić information content (AvgIpc) is 2.14. The summed E-state index contributed by atoms with van der Waals surface area (Å²) in [6.45, 7) is 0. The molecule has 1 rings (SSSR count). The molecule has 13 heavy (non-hydrogen) atoms. The molecule has 4 nitrogen and oxygen atoms in total. The number of hydrogen-bond acceptors (Lipinski definition) is 5. The first kappa shape index (κ1) is 10.3. The average molecular weight is 219 g/mol. The number of nitrogens with zero attached hydrogens (tertiary/aromatic N) is 2. The molecule has 0 amide bonds. The molecule has 6 heteroatoms. The number of halogens is 1. The number of hydrogen-bond donors (Lipinski definition) is 0. The molecular weight excluding hydrogens is 212 g/mol. The Bertz CT molecular complexity index is 308. The minimum atomic E-state index is -0.292. The van der Waals surface area contributed by atoms with Crippen molar-refractivity contribution in [3.05, 3.63) is 17.5 Å². The second kappa shape index (κ2) is 5.04. The number of carbonyl (C=O) groups is 1. The minimum Gasteiger partial charge on any atom is -0.468 e. The zero-order valence-corrected chi connectivity index (χ0v) is 8.43. The number of aromatic nitrogens is 2. The summed E-state index contributed by atoms with van der Waals surface area (Å²) in [5.74, 6) is -0.0659. The summed E-state index contributed by atoms with van der Waals surface area (Å²) in [6.07, 6.45) is 1.54. The lowest BCUT2D eigenvalue weighted by Gasteiger charge is -1.98. The molecule has 70 valence electrons. The van der Waals surface area contributed by atoms with E-state index in [0.29, 0.717) is 5.03 Å². The third-order valence-corrected chi connectivity index (χ3v) is 2.25. The van der Waals surface area contributed by atoms with Crippen LogP contribution >= 0.6 is 23.4 Å². The third-order valence-electron chi connectivity index (χ3n) is 1.17. The van der Waals surface area contributed by atoms with Gasteiger partial charge in [0.1, 0.15) is 5.03 Å². The summed E-state index contributed by atoms with van der Waals surface area (Å²) >= 11 is 6.80. The van der Waals surface area contributed by atoms with E-state index in [9.17, 15) is 4.79 Å².